The van der Waals surface area contributed by atoms with Gasteiger partial charge in [0.2, 0.25) is 0 Å². The van der Waals surface area contributed by atoms with Crippen molar-refractivity contribution in [1.82, 2.24) is 20.0 Å². The molecule has 1 saturated carbocycles. The van der Waals surface area contributed by atoms with E-state index < -0.39 is 0 Å². The molecule has 22 heavy (non-hydrogen) atoms. The molecule has 0 amide bonds. The molecule has 1 fully saturated rings. The van der Waals surface area contributed by atoms with Crippen LogP contribution in [0.15, 0.2) is 36.4 Å². The minimum atomic E-state index is 0.542. The predicted octanol–water partition coefficient (Wildman–Crippen LogP) is 3.27. The standard InChI is InChI=1S/C17H19N5/c18-16-14-10-15(13-8-2-1-3-9-13)19-20-17(14)22(21-16)11-12-6-4-5-7-12/h1-3,8-10,12H,4-7,11H2,(H2,18,21). The molecule has 5 heteroatoms. The van der Waals surface area contributed by atoms with Crippen LogP contribution in [-0.4, -0.2) is 20.0 Å². The Labute approximate surface area is 129 Å². The number of hydrogen-bond donors (Lipinski definition) is 1. The predicted molar refractivity (Wildman–Crippen MR) is 87.1 cm³/mol. The molecular formula is C17H19N5. The van der Waals surface area contributed by atoms with E-state index in [1.807, 2.05) is 41.1 Å². The number of aromatic nitrogens is 4. The number of nitrogens with two attached hydrogens (primary N) is 1. The molecule has 1 aliphatic carbocycles. The topological polar surface area (TPSA) is 69.6 Å². The first-order chi connectivity index (χ1) is 10.8. The summed E-state index contributed by atoms with van der Waals surface area (Å²) in [6.07, 6.45) is 5.19. The van der Waals surface area contributed by atoms with Crippen molar-refractivity contribution < 1.29 is 0 Å². The van der Waals surface area contributed by atoms with Gasteiger partial charge in [0, 0.05) is 12.1 Å². The Hall–Kier alpha value is -2.43. The average Bonchev–Trinajstić information content (AvgIpc) is 3.17. The van der Waals surface area contributed by atoms with E-state index in [1.165, 1.54) is 25.7 Å². The minimum absolute atomic E-state index is 0.542. The fourth-order valence-electron chi connectivity index (χ4n) is 3.31. The lowest BCUT2D eigenvalue weighted by molar-refractivity contribution is 0.436. The Morgan fingerprint density at radius 2 is 1.86 bits per heavy atom. The first kappa shape index (κ1) is 13.2. The molecule has 2 N–H and O–H groups in total. The summed E-state index contributed by atoms with van der Waals surface area (Å²) in [4.78, 5) is 0. The van der Waals surface area contributed by atoms with Gasteiger partial charge in [-0.3, -0.25) is 0 Å². The quantitative estimate of drug-likeness (QED) is 0.804. The second kappa shape index (κ2) is 5.40. The van der Waals surface area contributed by atoms with Crippen molar-refractivity contribution in [3.05, 3.63) is 36.4 Å². The second-order valence-corrected chi connectivity index (χ2v) is 6.05. The van der Waals surface area contributed by atoms with E-state index in [-0.39, 0.29) is 0 Å². The van der Waals surface area contributed by atoms with Crippen molar-refractivity contribution in [2.75, 3.05) is 5.73 Å². The summed E-state index contributed by atoms with van der Waals surface area (Å²) in [5, 5.41) is 14.1. The van der Waals surface area contributed by atoms with Crippen LogP contribution in [0.4, 0.5) is 5.82 Å². The van der Waals surface area contributed by atoms with Crippen LogP contribution in [0.3, 0.4) is 0 Å². The second-order valence-electron chi connectivity index (χ2n) is 6.05. The van der Waals surface area contributed by atoms with Gasteiger partial charge >= 0.3 is 0 Å². The van der Waals surface area contributed by atoms with E-state index >= 15 is 0 Å². The highest BCUT2D eigenvalue weighted by atomic mass is 15.3. The van der Waals surface area contributed by atoms with Gasteiger partial charge in [-0.25, -0.2) is 4.68 Å². The molecule has 2 heterocycles. The molecule has 0 radical (unpaired) electrons. The van der Waals surface area contributed by atoms with E-state index in [1.54, 1.807) is 0 Å². The van der Waals surface area contributed by atoms with Gasteiger partial charge in [0.1, 0.15) is 0 Å². The van der Waals surface area contributed by atoms with E-state index in [0.29, 0.717) is 11.7 Å². The largest absolute Gasteiger partial charge is 0.382 e. The number of rotatable bonds is 3. The molecule has 0 atom stereocenters. The number of benzene rings is 1. The van der Waals surface area contributed by atoms with Crippen LogP contribution in [0, 0.1) is 5.92 Å². The number of nitrogens with zero attached hydrogens (tertiary/aromatic N) is 4. The summed E-state index contributed by atoms with van der Waals surface area (Å²) >= 11 is 0. The molecule has 1 aliphatic rings. The molecular weight excluding hydrogens is 274 g/mol. The lowest BCUT2D eigenvalue weighted by Crippen LogP contribution is -2.10. The number of nitrogen functional groups attached to an aromatic ring is 1. The SMILES string of the molecule is Nc1nn(CC2CCCC2)c2nnc(-c3ccccc3)cc12. The van der Waals surface area contributed by atoms with Crippen LogP contribution in [0.5, 0.6) is 0 Å². The smallest absolute Gasteiger partial charge is 0.182 e. The molecule has 0 bridgehead atoms. The van der Waals surface area contributed by atoms with Gasteiger partial charge in [0.15, 0.2) is 11.5 Å². The van der Waals surface area contributed by atoms with Gasteiger partial charge in [-0.15, -0.1) is 10.2 Å². The highest BCUT2D eigenvalue weighted by Crippen LogP contribution is 2.29. The van der Waals surface area contributed by atoms with E-state index in [0.717, 1.165) is 28.8 Å². The van der Waals surface area contributed by atoms with Gasteiger partial charge in [-0.1, -0.05) is 43.2 Å². The van der Waals surface area contributed by atoms with Gasteiger partial charge in [-0.2, -0.15) is 5.10 Å². The molecule has 4 rings (SSSR count). The first-order valence-electron chi connectivity index (χ1n) is 7.86. The number of anilines is 1. The van der Waals surface area contributed by atoms with E-state index in [9.17, 15) is 0 Å². The molecule has 0 saturated heterocycles. The number of hydrogen-bond acceptors (Lipinski definition) is 4. The third-order valence-electron chi connectivity index (χ3n) is 4.50. The lowest BCUT2D eigenvalue weighted by Gasteiger charge is -2.09. The summed E-state index contributed by atoms with van der Waals surface area (Å²) < 4.78 is 1.93. The Bertz CT molecular complexity index is 787. The third kappa shape index (κ3) is 2.32. The van der Waals surface area contributed by atoms with E-state index in [4.69, 9.17) is 5.73 Å². The molecule has 2 aromatic heterocycles. The Morgan fingerprint density at radius 3 is 2.64 bits per heavy atom. The Balaban J connectivity index is 1.73. The summed E-state index contributed by atoms with van der Waals surface area (Å²) in [6.45, 7) is 0.896. The van der Waals surface area contributed by atoms with Crippen LogP contribution in [-0.2, 0) is 6.54 Å². The summed E-state index contributed by atoms with van der Waals surface area (Å²) in [5.41, 5.74) is 8.77. The normalized spacial score (nSPS) is 15.6. The van der Waals surface area contributed by atoms with Crippen molar-refractivity contribution in [1.29, 1.82) is 0 Å². The minimum Gasteiger partial charge on any atom is -0.382 e. The zero-order valence-corrected chi connectivity index (χ0v) is 12.4. The van der Waals surface area contributed by atoms with Gasteiger partial charge < -0.3 is 5.73 Å². The molecule has 112 valence electrons. The van der Waals surface area contributed by atoms with Crippen molar-refractivity contribution in [2.24, 2.45) is 5.92 Å². The van der Waals surface area contributed by atoms with E-state index in [2.05, 4.69) is 15.3 Å². The van der Waals surface area contributed by atoms with Crippen LogP contribution in [0.1, 0.15) is 25.7 Å². The molecule has 3 aromatic rings. The van der Waals surface area contributed by atoms with Crippen LogP contribution < -0.4 is 5.73 Å². The zero-order valence-electron chi connectivity index (χ0n) is 12.4. The lowest BCUT2D eigenvalue weighted by atomic mass is 10.1. The molecule has 0 aliphatic heterocycles. The average molecular weight is 293 g/mol. The summed E-state index contributed by atoms with van der Waals surface area (Å²) in [6, 6.07) is 12.0. The van der Waals surface area contributed by atoms with Gasteiger partial charge in [0.25, 0.3) is 0 Å². The van der Waals surface area contributed by atoms with Crippen LogP contribution in [0.2, 0.25) is 0 Å². The first-order valence-corrected chi connectivity index (χ1v) is 7.86. The molecule has 5 nitrogen and oxygen atoms in total. The zero-order chi connectivity index (χ0) is 14.9. The monoisotopic (exact) mass is 293 g/mol. The van der Waals surface area contributed by atoms with Gasteiger partial charge in [-0.05, 0) is 24.8 Å². The fraction of sp³-hybridized carbons (Fsp3) is 0.353. The van der Waals surface area contributed by atoms with Crippen molar-refractivity contribution in [3.8, 4) is 11.3 Å². The van der Waals surface area contributed by atoms with Gasteiger partial charge in [0.05, 0.1) is 11.1 Å². The van der Waals surface area contributed by atoms with Crippen molar-refractivity contribution in [3.63, 3.8) is 0 Å². The van der Waals surface area contributed by atoms with Crippen LogP contribution in [0.25, 0.3) is 22.3 Å². The third-order valence-corrected chi connectivity index (χ3v) is 4.50. The Kier molecular flexibility index (Phi) is 3.25. The number of fused-ring (bicyclic) bond motifs is 1. The van der Waals surface area contributed by atoms with Crippen molar-refractivity contribution in [2.45, 2.75) is 32.2 Å². The maximum atomic E-state index is 6.10. The molecule has 1 aromatic carbocycles. The van der Waals surface area contributed by atoms with Crippen LogP contribution >= 0.6 is 0 Å². The molecule has 0 spiro atoms. The maximum Gasteiger partial charge on any atom is 0.182 e. The molecule has 0 unspecified atom stereocenters. The maximum absolute atomic E-state index is 6.10. The Morgan fingerprint density at radius 1 is 1.09 bits per heavy atom. The summed E-state index contributed by atoms with van der Waals surface area (Å²) in [7, 11) is 0. The summed E-state index contributed by atoms with van der Waals surface area (Å²) in [5.74, 6) is 1.23. The van der Waals surface area contributed by atoms with Crippen molar-refractivity contribution >= 4 is 16.9 Å². The highest BCUT2D eigenvalue weighted by molar-refractivity contribution is 5.88. The fourth-order valence-corrected chi connectivity index (χ4v) is 3.31. The highest BCUT2D eigenvalue weighted by Gasteiger charge is 2.19.